The molecule has 0 aromatic carbocycles. The molecule has 0 aromatic heterocycles. The van der Waals surface area contributed by atoms with Crippen LogP contribution in [0.3, 0.4) is 0 Å². The first-order valence-corrected chi connectivity index (χ1v) is 9.04. The maximum absolute atomic E-state index is 11.3. The van der Waals surface area contributed by atoms with Gasteiger partial charge in [-0.05, 0) is 31.6 Å². The van der Waals surface area contributed by atoms with Gasteiger partial charge in [-0.3, -0.25) is 9.59 Å². The van der Waals surface area contributed by atoms with Crippen molar-refractivity contribution < 1.29 is 19.8 Å². The van der Waals surface area contributed by atoms with Crippen LogP contribution in [0, 0.1) is 11.8 Å². The van der Waals surface area contributed by atoms with Crippen LogP contribution in [0.15, 0.2) is 0 Å². The summed E-state index contributed by atoms with van der Waals surface area (Å²) in [6.07, 6.45) is 3.63. The van der Waals surface area contributed by atoms with Gasteiger partial charge in [0.15, 0.2) is 0 Å². The molecule has 0 spiro atoms. The molecule has 0 aliphatic heterocycles. The Balaban J connectivity index is 0. The van der Waals surface area contributed by atoms with Crippen LogP contribution in [0.1, 0.15) is 86.5 Å². The van der Waals surface area contributed by atoms with Gasteiger partial charge in [-0.1, -0.05) is 41.5 Å². The van der Waals surface area contributed by atoms with Crippen LogP contribution in [-0.4, -0.2) is 34.0 Å². The summed E-state index contributed by atoms with van der Waals surface area (Å²) in [4.78, 5) is 22.6. The number of aliphatic hydroxyl groups excluding tert-OH is 2. The predicted octanol–water partition coefficient (Wildman–Crippen LogP) is 3.92. The van der Waals surface area contributed by atoms with Crippen LogP contribution in [-0.2, 0) is 9.59 Å². The SMILES string of the molecule is CCC(O)CC(C)C.CCC(O)CCC(=O)CCC(=O)C(C)C. The highest BCUT2D eigenvalue weighted by molar-refractivity contribution is 5.86. The van der Waals surface area contributed by atoms with Crippen molar-refractivity contribution in [3.63, 3.8) is 0 Å². The van der Waals surface area contributed by atoms with Crippen LogP contribution in [0.4, 0.5) is 0 Å². The van der Waals surface area contributed by atoms with E-state index in [1.165, 1.54) is 0 Å². The molecular weight excluding hydrogens is 292 g/mol. The lowest BCUT2D eigenvalue weighted by molar-refractivity contribution is -0.126. The zero-order valence-corrected chi connectivity index (χ0v) is 16.0. The van der Waals surface area contributed by atoms with Gasteiger partial charge in [0.25, 0.3) is 0 Å². The molecule has 4 nitrogen and oxygen atoms in total. The summed E-state index contributed by atoms with van der Waals surface area (Å²) < 4.78 is 0. The molecule has 0 aromatic rings. The van der Waals surface area contributed by atoms with Crippen LogP contribution in [0.5, 0.6) is 0 Å². The lowest BCUT2D eigenvalue weighted by atomic mass is 10.0. The largest absolute Gasteiger partial charge is 0.393 e. The summed E-state index contributed by atoms with van der Waals surface area (Å²) in [7, 11) is 0. The summed E-state index contributed by atoms with van der Waals surface area (Å²) in [6.45, 7) is 11.8. The second-order valence-electron chi connectivity index (χ2n) is 6.95. The Morgan fingerprint density at radius 1 is 0.826 bits per heavy atom. The molecule has 2 atom stereocenters. The highest BCUT2D eigenvalue weighted by Gasteiger charge is 2.11. The minimum Gasteiger partial charge on any atom is -0.393 e. The number of hydrogen-bond donors (Lipinski definition) is 2. The number of aliphatic hydroxyl groups is 2. The van der Waals surface area contributed by atoms with E-state index in [9.17, 15) is 14.7 Å². The van der Waals surface area contributed by atoms with E-state index in [1.54, 1.807) is 0 Å². The van der Waals surface area contributed by atoms with Crippen LogP contribution in [0.2, 0.25) is 0 Å². The van der Waals surface area contributed by atoms with E-state index in [4.69, 9.17) is 5.11 Å². The second-order valence-corrected chi connectivity index (χ2v) is 6.95. The Kier molecular flexibility index (Phi) is 15.8. The zero-order valence-electron chi connectivity index (χ0n) is 16.0. The van der Waals surface area contributed by atoms with Crippen molar-refractivity contribution in [1.29, 1.82) is 0 Å². The van der Waals surface area contributed by atoms with Gasteiger partial charge in [0.1, 0.15) is 11.6 Å². The van der Waals surface area contributed by atoms with Crippen molar-refractivity contribution in [2.24, 2.45) is 11.8 Å². The van der Waals surface area contributed by atoms with E-state index in [2.05, 4.69) is 13.8 Å². The average Bonchev–Trinajstić information content (AvgIpc) is 2.49. The van der Waals surface area contributed by atoms with Crippen molar-refractivity contribution in [1.82, 2.24) is 0 Å². The zero-order chi connectivity index (χ0) is 18.4. The number of carbonyl (C=O) groups is 2. The number of rotatable bonds is 11. The molecular formula is C19H38O4. The van der Waals surface area contributed by atoms with Gasteiger partial charge in [0.05, 0.1) is 12.2 Å². The topological polar surface area (TPSA) is 74.6 Å². The van der Waals surface area contributed by atoms with Crippen LogP contribution in [0.25, 0.3) is 0 Å². The molecule has 0 amide bonds. The monoisotopic (exact) mass is 330 g/mol. The fourth-order valence-corrected chi connectivity index (χ4v) is 1.92. The Morgan fingerprint density at radius 3 is 1.70 bits per heavy atom. The van der Waals surface area contributed by atoms with Gasteiger partial charge in [0, 0.05) is 25.2 Å². The first-order valence-electron chi connectivity index (χ1n) is 9.04. The van der Waals surface area contributed by atoms with Crippen molar-refractivity contribution in [2.75, 3.05) is 0 Å². The van der Waals surface area contributed by atoms with Gasteiger partial charge in [-0.2, -0.15) is 0 Å². The standard InChI is InChI=1S/C12H22O3.C7H16O/c1-4-10(13)5-6-11(14)7-8-12(15)9(2)3;1-4-7(8)5-6(2)3/h9-10,13H,4-8H2,1-3H3;6-8H,4-5H2,1-3H3. The van der Waals surface area contributed by atoms with E-state index in [1.807, 2.05) is 27.7 Å². The van der Waals surface area contributed by atoms with Crippen LogP contribution >= 0.6 is 0 Å². The molecule has 0 saturated carbocycles. The fourth-order valence-electron chi connectivity index (χ4n) is 1.92. The van der Waals surface area contributed by atoms with Gasteiger partial charge >= 0.3 is 0 Å². The van der Waals surface area contributed by atoms with Gasteiger partial charge in [0.2, 0.25) is 0 Å². The molecule has 2 N–H and O–H groups in total. The summed E-state index contributed by atoms with van der Waals surface area (Å²) in [5.41, 5.74) is 0. The molecule has 23 heavy (non-hydrogen) atoms. The number of hydrogen-bond acceptors (Lipinski definition) is 4. The molecule has 0 radical (unpaired) electrons. The molecule has 4 heteroatoms. The quantitative estimate of drug-likeness (QED) is 0.602. The third-order valence-electron chi connectivity index (χ3n) is 3.74. The third-order valence-corrected chi connectivity index (χ3v) is 3.74. The van der Waals surface area contributed by atoms with Gasteiger partial charge < -0.3 is 10.2 Å². The first-order chi connectivity index (χ1) is 10.6. The van der Waals surface area contributed by atoms with E-state index < -0.39 is 0 Å². The Labute approximate surface area is 142 Å². The smallest absolute Gasteiger partial charge is 0.135 e. The highest BCUT2D eigenvalue weighted by Crippen LogP contribution is 2.08. The van der Waals surface area contributed by atoms with Crippen LogP contribution < -0.4 is 0 Å². The Hall–Kier alpha value is -0.740. The Bertz CT molecular complexity index is 310. The normalized spacial score (nSPS) is 13.5. The molecule has 0 saturated heterocycles. The molecule has 0 heterocycles. The summed E-state index contributed by atoms with van der Waals surface area (Å²) >= 11 is 0. The van der Waals surface area contributed by atoms with Gasteiger partial charge in [-0.15, -0.1) is 0 Å². The van der Waals surface area contributed by atoms with Crippen molar-refractivity contribution in [3.8, 4) is 0 Å². The lowest BCUT2D eigenvalue weighted by Crippen LogP contribution is -2.12. The summed E-state index contributed by atoms with van der Waals surface area (Å²) in [5, 5.41) is 18.3. The van der Waals surface area contributed by atoms with Gasteiger partial charge in [-0.25, -0.2) is 0 Å². The van der Waals surface area contributed by atoms with Crippen molar-refractivity contribution >= 4 is 11.6 Å². The minimum atomic E-state index is -0.380. The van der Waals surface area contributed by atoms with Crippen molar-refractivity contribution in [2.45, 2.75) is 98.7 Å². The second kappa shape index (κ2) is 14.8. The van der Waals surface area contributed by atoms with E-state index >= 15 is 0 Å². The number of carbonyl (C=O) groups excluding carboxylic acids is 2. The molecule has 0 bridgehead atoms. The molecule has 0 aliphatic rings. The maximum Gasteiger partial charge on any atom is 0.135 e. The molecule has 2 unspecified atom stereocenters. The number of ketones is 2. The minimum absolute atomic E-state index is 0.0130. The highest BCUT2D eigenvalue weighted by atomic mass is 16.3. The Morgan fingerprint density at radius 2 is 1.35 bits per heavy atom. The maximum atomic E-state index is 11.3. The third kappa shape index (κ3) is 17.4. The lowest BCUT2D eigenvalue weighted by Gasteiger charge is -2.08. The fraction of sp³-hybridized carbons (Fsp3) is 0.895. The summed E-state index contributed by atoms with van der Waals surface area (Å²) in [6, 6.07) is 0. The summed E-state index contributed by atoms with van der Waals surface area (Å²) in [5.74, 6) is 0.861. The van der Waals surface area contributed by atoms with E-state index in [-0.39, 0.29) is 29.7 Å². The van der Waals surface area contributed by atoms with E-state index in [0.29, 0.717) is 38.0 Å². The molecule has 0 aliphatic carbocycles. The molecule has 138 valence electrons. The first kappa shape index (κ1) is 24.5. The average molecular weight is 331 g/mol. The van der Waals surface area contributed by atoms with E-state index in [0.717, 1.165) is 12.8 Å². The number of Topliss-reactive ketones (excluding diaryl/α,β-unsaturated/α-hetero) is 2. The van der Waals surface area contributed by atoms with Crippen molar-refractivity contribution in [3.05, 3.63) is 0 Å². The molecule has 0 rings (SSSR count). The molecule has 0 fully saturated rings. The predicted molar refractivity (Wildman–Crippen MR) is 95.4 cm³/mol.